The minimum atomic E-state index is -1.06. The first kappa shape index (κ1) is 13.6. The van der Waals surface area contributed by atoms with Gasteiger partial charge in [-0.1, -0.05) is 25.7 Å². The average Bonchev–Trinajstić information content (AvgIpc) is 2.22. The van der Waals surface area contributed by atoms with Crippen molar-refractivity contribution in [2.75, 3.05) is 6.61 Å². The number of rotatable bonds is 7. The molecule has 3 heteroatoms. The third-order valence-corrected chi connectivity index (χ3v) is 2.49. The lowest BCUT2D eigenvalue weighted by atomic mass is 9.78. The lowest BCUT2D eigenvalue weighted by molar-refractivity contribution is -0.159. The van der Waals surface area contributed by atoms with Crippen LogP contribution in [0.1, 0.15) is 26.7 Å². The maximum atomic E-state index is 11.7. The number of allylic oxidation sites excluding steroid dienone is 1. The van der Waals surface area contributed by atoms with Crippen molar-refractivity contribution in [2.24, 2.45) is 5.41 Å². The van der Waals surface area contributed by atoms with E-state index in [1.54, 1.807) is 13.0 Å². The molecule has 84 valence electrons. The number of ether oxygens (including phenoxy) is 1. The standard InChI is InChI=1S/C12H18O3/c1-5-8-12(7-3,10(4)13)11(14)15-9-6-2/h5-6H,1-2,7-9H2,3-4H3. The highest BCUT2D eigenvalue weighted by Crippen LogP contribution is 2.30. The Morgan fingerprint density at radius 1 is 1.33 bits per heavy atom. The molecule has 0 aromatic rings. The van der Waals surface area contributed by atoms with Crippen LogP contribution in [0.15, 0.2) is 25.3 Å². The predicted molar refractivity (Wildman–Crippen MR) is 59.4 cm³/mol. The van der Waals surface area contributed by atoms with E-state index in [1.807, 2.05) is 0 Å². The Hall–Kier alpha value is -1.38. The number of esters is 1. The highest BCUT2D eigenvalue weighted by molar-refractivity contribution is 6.02. The van der Waals surface area contributed by atoms with Gasteiger partial charge < -0.3 is 4.74 Å². The monoisotopic (exact) mass is 210 g/mol. The van der Waals surface area contributed by atoms with E-state index in [9.17, 15) is 9.59 Å². The lowest BCUT2D eigenvalue weighted by Crippen LogP contribution is -2.38. The number of hydrogen-bond donors (Lipinski definition) is 0. The fourth-order valence-electron chi connectivity index (χ4n) is 1.43. The first-order valence-electron chi connectivity index (χ1n) is 4.95. The van der Waals surface area contributed by atoms with Crippen LogP contribution in [0.3, 0.4) is 0 Å². The van der Waals surface area contributed by atoms with Crippen LogP contribution < -0.4 is 0 Å². The Balaban J connectivity index is 4.88. The smallest absolute Gasteiger partial charge is 0.320 e. The minimum absolute atomic E-state index is 0.130. The molecule has 0 N–H and O–H groups in total. The Morgan fingerprint density at radius 2 is 1.93 bits per heavy atom. The summed E-state index contributed by atoms with van der Waals surface area (Å²) in [4.78, 5) is 23.3. The fraction of sp³-hybridized carbons (Fsp3) is 0.500. The van der Waals surface area contributed by atoms with Crippen LogP contribution in [0.4, 0.5) is 0 Å². The van der Waals surface area contributed by atoms with Gasteiger partial charge in [0.25, 0.3) is 0 Å². The summed E-state index contributed by atoms with van der Waals surface area (Å²) in [6.07, 6.45) is 3.78. The van der Waals surface area contributed by atoms with Crippen LogP contribution in [0.5, 0.6) is 0 Å². The number of carbonyl (C=O) groups is 2. The molecule has 1 atom stereocenters. The summed E-state index contributed by atoms with van der Waals surface area (Å²) in [5.74, 6) is -0.670. The van der Waals surface area contributed by atoms with Crippen molar-refractivity contribution in [3.05, 3.63) is 25.3 Å². The molecule has 0 saturated carbocycles. The third-order valence-electron chi connectivity index (χ3n) is 2.49. The third kappa shape index (κ3) is 3.05. The van der Waals surface area contributed by atoms with Crippen molar-refractivity contribution in [1.82, 2.24) is 0 Å². The molecule has 0 heterocycles. The van der Waals surface area contributed by atoms with Gasteiger partial charge in [0.1, 0.15) is 17.8 Å². The SMILES string of the molecule is C=CCOC(=O)C(CC)(CC=C)C(C)=O. The molecule has 0 aliphatic rings. The van der Waals surface area contributed by atoms with E-state index in [-0.39, 0.29) is 12.4 Å². The van der Waals surface area contributed by atoms with E-state index < -0.39 is 11.4 Å². The molecule has 3 nitrogen and oxygen atoms in total. The maximum Gasteiger partial charge on any atom is 0.320 e. The van der Waals surface area contributed by atoms with E-state index in [1.165, 1.54) is 13.0 Å². The van der Waals surface area contributed by atoms with Gasteiger partial charge in [-0.25, -0.2) is 0 Å². The molecular formula is C12H18O3. The van der Waals surface area contributed by atoms with Gasteiger partial charge in [0.2, 0.25) is 0 Å². The van der Waals surface area contributed by atoms with Gasteiger partial charge in [0, 0.05) is 0 Å². The van der Waals surface area contributed by atoms with E-state index >= 15 is 0 Å². The van der Waals surface area contributed by atoms with Crippen LogP contribution in [0.2, 0.25) is 0 Å². The second-order valence-electron chi connectivity index (χ2n) is 3.37. The van der Waals surface area contributed by atoms with Crippen LogP contribution >= 0.6 is 0 Å². The van der Waals surface area contributed by atoms with Gasteiger partial charge in [-0.15, -0.1) is 6.58 Å². The van der Waals surface area contributed by atoms with Crippen LogP contribution in [0, 0.1) is 5.41 Å². The molecule has 0 aromatic carbocycles. The molecule has 0 fully saturated rings. The van der Waals surface area contributed by atoms with E-state index in [4.69, 9.17) is 4.74 Å². The molecule has 1 unspecified atom stereocenters. The molecule has 0 aromatic heterocycles. The summed E-state index contributed by atoms with van der Waals surface area (Å²) >= 11 is 0. The predicted octanol–water partition coefficient (Wildman–Crippen LogP) is 2.28. The molecule has 0 spiro atoms. The summed E-state index contributed by atoms with van der Waals surface area (Å²) in [6, 6.07) is 0. The molecular weight excluding hydrogens is 192 g/mol. The topological polar surface area (TPSA) is 43.4 Å². The average molecular weight is 210 g/mol. The van der Waals surface area contributed by atoms with E-state index in [2.05, 4.69) is 13.2 Å². The van der Waals surface area contributed by atoms with Crippen molar-refractivity contribution in [3.8, 4) is 0 Å². The normalized spacial score (nSPS) is 13.7. The molecule has 0 bridgehead atoms. The molecule has 0 radical (unpaired) electrons. The van der Waals surface area contributed by atoms with Crippen LogP contribution in [0.25, 0.3) is 0 Å². The summed E-state index contributed by atoms with van der Waals surface area (Å²) in [6.45, 7) is 10.3. The van der Waals surface area contributed by atoms with Crippen LogP contribution in [-0.4, -0.2) is 18.4 Å². The zero-order valence-corrected chi connectivity index (χ0v) is 9.41. The highest BCUT2D eigenvalue weighted by atomic mass is 16.5. The quantitative estimate of drug-likeness (QED) is 0.368. The van der Waals surface area contributed by atoms with Crippen molar-refractivity contribution >= 4 is 11.8 Å². The number of carbonyl (C=O) groups excluding carboxylic acids is 2. The van der Waals surface area contributed by atoms with Crippen molar-refractivity contribution in [1.29, 1.82) is 0 Å². The van der Waals surface area contributed by atoms with Gasteiger partial charge in [0.15, 0.2) is 0 Å². The first-order valence-corrected chi connectivity index (χ1v) is 4.95. The number of hydrogen-bond acceptors (Lipinski definition) is 3. The molecule has 0 rings (SSSR count). The molecule has 15 heavy (non-hydrogen) atoms. The fourth-order valence-corrected chi connectivity index (χ4v) is 1.43. The summed E-state index contributed by atoms with van der Waals surface area (Å²) in [5, 5.41) is 0. The molecule has 0 aliphatic carbocycles. The van der Waals surface area contributed by atoms with E-state index in [0.29, 0.717) is 12.8 Å². The molecule has 0 aliphatic heterocycles. The Kier molecular flexibility index (Phi) is 5.60. The Labute approximate surface area is 90.8 Å². The number of Topliss-reactive ketones (excluding diaryl/α,β-unsaturated/α-hetero) is 1. The summed E-state index contributed by atoms with van der Waals surface area (Å²) in [7, 11) is 0. The lowest BCUT2D eigenvalue weighted by Gasteiger charge is -2.25. The maximum absolute atomic E-state index is 11.7. The van der Waals surface area contributed by atoms with Gasteiger partial charge in [0.05, 0.1) is 0 Å². The van der Waals surface area contributed by atoms with E-state index in [0.717, 1.165) is 0 Å². The Bertz CT molecular complexity index is 268. The number of ketones is 1. The zero-order chi connectivity index (χ0) is 11.9. The second kappa shape index (κ2) is 6.17. The largest absolute Gasteiger partial charge is 0.461 e. The first-order chi connectivity index (χ1) is 7.05. The second-order valence-corrected chi connectivity index (χ2v) is 3.37. The van der Waals surface area contributed by atoms with Gasteiger partial charge >= 0.3 is 5.97 Å². The van der Waals surface area contributed by atoms with Crippen molar-refractivity contribution < 1.29 is 14.3 Å². The van der Waals surface area contributed by atoms with Gasteiger partial charge in [-0.3, -0.25) is 9.59 Å². The molecule has 0 saturated heterocycles. The van der Waals surface area contributed by atoms with Gasteiger partial charge in [-0.2, -0.15) is 0 Å². The van der Waals surface area contributed by atoms with Crippen molar-refractivity contribution in [2.45, 2.75) is 26.7 Å². The van der Waals surface area contributed by atoms with Crippen molar-refractivity contribution in [3.63, 3.8) is 0 Å². The Morgan fingerprint density at radius 3 is 2.27 bits per heavy atom. The summed E-state index contributed by atoms with van der Waals surface area (Å²) in [5.41, 5.74) is -1.06. The summed E-state index contributed by atoms with van der Waals surface area (Å²) < 4.78 is 4.94. The van der Waals surface area contributed by atoms with Crippen LogP contribution in [-0.2, 0) is 14.3 Å². The van der Waals surface area contributed by atoms with Gasteiger partial charge in [-0.05, 0) is 19.8 Å². The zero-order valence-electron chi connectivity index (χ0n) is 9.41. The minimum Gasteiger partial charge on any atom is -0.461 e. The highest BCUT2D eigenvalue weighted by Gasteiger charge is 2.41. The molecule has 0 amide bonds.